The number of nitrogens with zero attached hydrogens (tertiary/aromatic N) is 1. The molecule has 4 nitrogen and oxygen atoms in total. The predicted molar refractivity (Wildman–Crippen MR) is 85.8 cm³/mol. The molecule has 0 aliphatic heterocycles. The van der Waals surface area contributed by atoms with Crippen molar-refractivity contribution in [2.24, 2.45) is 0 Å². The van der Waals surface area contributed by atoms with Gasteiger partial charge < -0.3 is 10.0 Å². The predicted octanol–water partition coefficient (Wildman–Crippen LogP) is 3.13. The van der Waals surface area contributed by atoms with Crippen LogP contribution in [0.5, 0.6) is 0 Å². The van der Waals surface area contributed by atoms with Crippen LogP contribution in [0.3, 0.4) is 0 Å². The summed E-state index contributed by atoms with van der Waals surface area (Å²) in [6.07, 6.45) is 3.83. The average Bonchev–Trinajstić information content (AvgIpc) is 2.98. The maximum atomic E-state index is 13.2. The number of hydrogen-bond acceptors (Lipinski definition) is 2. The molecule has 0 radical (unpaired) electrons. The Kier molecular flexibility index (Phi) is 5.22. The van der Waals surface area contributed by atoms with Crippen LogP contribution < -0.4 is 0 Å². The Labute approximate surface area is 132 Å². The van der Waals surface area contributed by atoms with Crippen molar-refractivity contribution in [3.63, 3.8) is 0 Å². The first-order valence-electron chi connectivity index (χ1n) is 8.08. The van der Waals surface area contributed by atoms with Crippen LogP contribution in [0.1, 0.15) is 50.2 Å². The highest BCUT2D eigenvalue weighted by Crippen LogP contribution is 2.42. The first kappa shape index (κ1) is 16.5. The summed E-state index contributed by atoms with van der Waals surface area (Å²) in [7, 11) is 0. The van der Waals surface area contributed by atoms with E-state index in [-0.39, 0.29) is 18.9 Å². The number of likely N-dealkylation sites (N-methyl/N-ethyl adjacent to an activating group) is 1. The first-order chi connectivity index (χ1) is 10.5. The van der Waals surface area contributed by atoms with Gasteiger partial charge in [0.2, 0.25) is 5.91 Å². The van der Waals surface area contributed by atoms with Crippen LogP contribution in [0, 0.1) is 6.92 Å². The molecule has 1 aromatic carbocycles. The van der Waals surface area contributed by atoms with Gasteiger partial charge in [-0.25, -0.2) is 0 Å². The molecule has 22 heavy (non-hydrogen) atoms. The molecule has 0 unspecified atom stereocenters. The molecule has 1 aromatic rings. The van der Waals surface area contributed by atoms with Gasteiger partial charge in [-0.15, -0.1) is 0 Å². The third kappa shape index (κ3) is 3.32. The number of hydrogen-bond donors (Lipinski definition) is 1. The number of carboxylic acid groups (broad SMARTS) is 1. The lowest BCUT2D eigenvalue weighted by molar-refractivity contribution is -0.140. The van der Waals surface area contributed by atoms with Crippen LogP contribution in [-0.2, 0) is 15.0 Å². The van der Waals surface area contributed by atoms with E-state index in [2.05, 4.69) is 6.07 Å². The van der Waals surface area contributed by atoms with Gasteiger partial charge in [-0.3, -0.25) is 9.59 Å². The molecule has 4 heteroatoms. The zero-order valence-corrected chi connectivity index (χ0v) is 13.5. The number of carbonyl (C=O) groups is 2. The highest BCUT2D eigenvalue weighted by molar-refractivity contribution is 5.89. The van der Waals surface area contributed by atoms with Crippen LogP contribution in [0.4, 0.5) is 0 Å². The number of carboxylic acids is 1. The van der Waals surface area contributed by atoms with Crippen molar-refractivity contribution in [3.05, 3.63) is 35.4 Å². The topological polar surface area (TPSA) is 57.6 Å². The average molecular weight is 303 g/mol. The van der Waals surface area contributed by atoms with Crippen molar-refractivity contribution in [1.82, 2.24) is 4.90 Å². The minimum atomic E-state index is -0.859. The fourth-order valence-corrected chi connectivity index (χ4v) is 3.48. The van der Waals surface area contributed by atoms with Gasteiger partial charge in [0.25, 0.3) is 0 Å². The van der Waals surface area contributed by atoms with E-state index in [4.69, 9.17) is 5.11 Å². The van der Waals surface area contributed by atoms with Gasteiger partial charge in [0.1, 0.15) is 0 Å². The second kappa shape index (κ2) is 6.95. The Morgan fingerprint density at radius 2 is 1.95 bits per heavy atom. The van der Waals surface area contributed by atoms with E-state index in [1.807, 2.05) is 32.0 Å². The minimum Gasteiger partial charge on any atom is -0.481 e. The van der Waals surface area contributed by atoms with Gasteiger partial charge >= 0.3 is 5.97 Å². The summed E-state index contributed by atoms with van der Waals surface area (Å²) in [6, 6.07) is 8.19. The number of aliphatic carboxylic acids is 1. The lowest BCUT2D eigenvalue weighted by Crippen LogP contribution is -2.46. The van der Waals surface area contributed by atoms with E-state index < -0.39 is 11.4 Å². The van der Waals surface area contributed by atoms with Crippen LogP contribution in [0.25, 0.3) is 0 Å². The van der Waals surface area contributed by atoms with Crippen LogP contribution in [-0.4, -0.2) is 35.0 Å². The zero-order valence-electron chi connectivity index (χ0n) is 13.5. The number of amides is 1. The Balaban J connectivity index is 2.30. The van der Waals surface area contributed by atoms with Gasteiger partial charge in [0.05, 0.1) is 11.8 Å². The molecule has 1 amide bonds. The monoisotopic (exact) mass is 303 g/mol. The Bertz CT molecular complexity index is 547. The van der Waals surface area contributed by atoms with Gasteiger partial charge in [-0.1, -0.05) is 42.7 Å². The summed E-state index contributed by atoms with van der Waals surface area (Å²) < 4.78 is 0. The van der Waals surface area contributed by atoms with E-state index in [1.165, 1.54) is 0 Å². The Morgan fingerprint density at radius 1 is 1.27 bits per heavy atom. The van der Waals surface area contributed by atoms with Gasteiger partial charge in [-0.2, -0.15) is 0 Å². The highest BCUT2D eigenvalue weighted by Gasteiger charge is 2.44. The minimum absolute atomic E-state index is 0.00345. The maximum Gasteiger partial charge on any atom is 0.305 e. The summed E-state index contributed by atoms with van der Waals surface area (Å²) >= 11 is 0. The van der Waals surface area contributed by atoms with E-state index >= 15 is 0 Å². The van der Waals surface area contributed by atoms with E-state index in [0.29, 0.717) is 6.54 Å². The molecule has 120 valence electrons. The molecule has 2 rings (SSSR count). The standard InChI is InChI=1S/C18H25NO3/c1-3-19(12-9-16(20)21)17(22)18(10-4-5-11-18)15-8-6-7-14(2)13-15/h6-8,13H,3-5,9-12H2,1-2H3,(H,20,21). The molecule has 0 saturated heterocycles. The van der Waals surface area contributed by atoms with Gasteiger partial charge in [0, 0.05) is 13.1 Å². The molecule has 1 N–H and O–H groups in total. The fourth-order valence-electron chi connectivity index (χ4n) is 3.48. The fraction of sp³-hybridized carbons (Fsp3) is 0.556. The third-order valence-electron chi connectivity index (χ3n) is 4.70. The lowest BCUT2D eigenvalue weighted by atomic mass is 9.77. The van der Waals surface area contributed by atoms with Crippen LogP contribution in [0.15, 0.2) is 24.3 Å². The summed E-state index contributed by atoms with van der Waals surface area (Å²) in [5.74, 6) is -0.762. The Hall–Kier alpha value is -1.84. The first-order valence-corrected chi connectivity index (χ1v) is 8.08. The molecular weight excluding hydrogens is 278 g/mol. The molecule has 0 spiro atoms. The molecule has 1 aliphatic rings. The van der Waals surface area contributed by atoms with Crippen molar-refractivity contribution in [2.45, 2.75) is 51.4 Å². The van der Waals surface area contributed by atoms with Crippen molar-refractivity contribution >= 4 is 11.9 Å². The van der Waals surface area contributed by atoms with Crippen molar-refractivity contribution < 1.29 is 14.7 Å². The van der Waals surface area contributed by atoms with Crippen molar-refractivity contribution in [1.29, 1.82) is 0 Å². The quantitative estimate of drug-likeness (QED) is 0.878. The normalized spacial score (nSPS) is 16.5. The summed E-state index contributed by atoms with van der Waals surface area (Å²) in [5, 5.41) is 8.88. The van der Waals surface area contributed by atoms with E-state index in [1.54, 1.807) is 4.90 Å². The largest absolute Gasteiger partial charge is 0.481 e. The lowest BCUT2D eigenvalue weighted by Gasteiger charge is -2.34. The zero-order chi connectivity index (χ0) is 16.2. The summed E-state index contributed by atoms with van der Waals surface area (Å²) in [5.41, 5.74) is 1.79. The van der Waals surface area contributed by atoms with E-state index in [9.17, 15) is 9.59 Å². The SMILES string of the molecule is CCN(CCC(=O)O)C(=O)C1(c2cccc(C)c2)CCCC1. The summed E-state index contributed by atoms with van der Waals surface area (Å²) in [4.78, 5) is 25.7. The van der Waals surface area contributed by atoms with Gasteiger partial charge in [-0.05, 0) is 32.3 Å². The van der Waals surface area contributed by atoms with Crippen molar-refractivity contribution in [2.75, 3.05) is 13.1 Å². The molecular formula is C18H25NO3. The molecule has 0 atom stereocenters. The molecule has 0 aromatic heterocycles. The second-order valence-corrected chi connectivity index (χ2v) is 6.19. The molecule has 1 aliphatic carbocycles. The number of aryl methyl sites for hydroxylation is 1. The molecule has 0 bridgehead atoms. The molecule has 0 heterocycles. The van der Waals surface area contributed by atoms with Crippen LogP contribution in [0.2, 0.25) is 0 Å². The smallest absolute Gasteiger partial charge is 0.305 e. The summed E-state index contributed by atoms with van der Waals surface area (Å²) in [6.45, 7) is 4.80. The number of rotatable bonds is 6. The molecule has 1 fully saturated rings. The van der Waals surface area contributed by atoms with E-state index in [0.717, 1.165) is 36.8 Å². The van der Waals surface area contributed by atoms with Crippen LogP contribution >= 0.6 is 0 Å². The molecule has 1 saturated carbocycles. The van der Waals surface area contributed by atoms with Gasteiger partial charge in [0.15, 0.2) is 0 Å². The third-order valence-corrected chi connectivity index (χ3v) is 4.70. The van der Waals surface area contributed by atoms with Crippen molar-refractivity contribution in [3.8, 4) is 0 Å². The second-order valence-electron chi connectivity index (χ2n) is 6.19. The maximum absolute atomic E-state index is 13.2. The highest BCUT2D eigenvalue weighted by atomic mass is 16.4. The number of carbonyl (C=O) groups excluding carboxylic acids is 1. The number of benzene rings is 1. The Morgan fingerprint density at radius 3 is 2.50 bits per heavy atom.